The van der Waals surface area contributed by atoms with Gasteiger partial charge in [-0.15, -0.1) is 0 Å². The third kappa shape index (κ3) is 3.51. The van der Waals surface area contributed by atoms with E-state index in [2.05, 4.69) is 4.98 Å². The standard InChI is InChI=1S/C21H18FN3O3S/c1-3-28-20(27)12(2)29-21-24-17-15-6-4-5-7-16(15)23-18(17)19(26)25(21)14-10-8-13(22)9-11-14/h4-12,23H,3H2,1-2H3. The number of para-hydroxylation sites is 1. The second kappa shape index (κ2) is 7.71. The smallest absolute Gasteiger partial charge is 0.319 e. The molecule has 6 nitrogen and oxygen atoms in total. The lowest BCUT2D eigenvalue weighted by Crippen LogP contribution is -2.24. The maximum atomic E-state index is 13.4. The number of fused-ring (bicyclic) bond motifs is 3. The molecule has 2 heterocycles. The number of aromatic amines is 1. The summed E-state index contributed by atoms with van der Waals surface area (Å²) in [4.78, 5) is 33.3. The quantitative estimate of drug-likeness (QED) is 0.305. The molecule has 8 heteroatoms. The predicted molar refractivity (Wildman–Crippen MR) is 111 cm³/mol. The van der Waals surface area contributed by atoms with Crippen LogP contribution < -0.4 is 5.56 Å². The molecular formula is C21H18FN3O3S. The summed E-state index contributed by atoms with van der Waals surface area (Å²) in [6, 6.07) is 13.1. The fourth-order valence-corrected chi connectivity index (χ4v) is 4.02. The van der Waals surface area contributed by atoms with E-state index in [0.717, 1.165) is 22.7 Å². The summed E-state index contributed by atoms with van der Waals surface area (Å²) >= 11 is 1.13. The van der Waals surface area contributed by atoms with Crippen LogP contribution in [-0.2, 0) is 9.53 Å². The van der Waals surface area contributed by atoms with E-state index >= 15 is 0 Å². The van der Waals surface area contributed by atoms with Crippen molar-refractivity contribution in [3.8, 4) is 5.69 Å². The van der Waals surface area contributed by atoms with Crippen LogP contribution in [0.25, 0.3) is 27.6 Å². The van der Waals surface area contributed by atoms with E-state index < -0.39 is 17.0 Å². The lowest BCUT2D eigenvalue weighted by molar-refractivity contribution is -0.142. The molecule has 1 unspecified atom stereocenters. The molecule has 0 aliphatic heterocycles. The molecule has 0 aliphatic rings. The minimum atomic E-state index is -0.573. The number of carbonyl (C=O) groups excluding carboxylic acids is 1. The van der Waals surface area contributed by atoms with Gasteiger partial charge in [0.1, 0.15) is 22.1 Å². The number of carbonyl (C=O) groups is 1. The number of esters is 1. The van der Waals surface area contributed by atoms with E-state index in [1.807, 2.05) is 24.3 Å². The fraction of sp³-hybridized carbons (Fsp3) is 0.190. The molecule has 0 bridgehead atoms. The highest BCUT2D eigenvalue weighted by Crippen LogP contribution is 2.28. The van der Waals surface area contributed by atoms with Crippen molar-refractivity contribution in [1.82, 2.24) is 14.5 Å². The zero-order chi connectivity index (χ0) is 20.5. The Hall–Kier alpha value is -3.13. The van der Waals surface area contributed by atoms with Crippen molar-refractivity contribution in [2.24, 2.45) is 0 Å². The SMILES string of the molecule is CCOC(=O)C(C)Sc1nc2c([nH]c3ccccc32)c(=O)n1-c1ccc(F)cc1. The van der Waals surface area contributed by atoms with Gasteiger partial charge in [-0.05, 0) is 44.2 Å². The molecule has 2 aromatic heterocycles. The number of thioether (sulfide) groups is 1. The molecule has 148 valence electrons. The van der Waals surface area contributed by atoms with Gasteiger partial charge in [0.15, 0.2) is 5.16 Å². The number of rotatable bonds is 5. The third-order valence-corrected chi connectivity index (χ3v) is 5.51. The molecule has 4 rings (SSSR count). The lowest BCUT2D eigenvalue weighted by Gasteiger charge is -2.15. The van der Waals surface area contributed by atoms with E-state index in [1.165, 1.54) is 28.8 Å². The predicted octanol–water partition coefficient (Wildman–Crippen LogP) is 4.05. The van der Waals surface area contributed by atoms with E-state index in [1.54, 1.807) is 13.8 Å². The highest BCUT2D eigenvalue weighted by atomic mass is 32.2. The van der Waals surface area contributed by atoms with Crippen LogP contribution in [-0.4, -0.2) is 32.4 Å². The highest BCUT2D eigenvalue weighted by molar-refractivity contribution is 8.00. The lowest BCUT2D eigenvalue weighted by atomic mass is 10.2. The topological polar surface area (TPSA) is 77.0 Å². The average molecular weight is 411 g/mol. The molecule has 1 atom stereocenters. The summed E-state index contributed by atoms with van der Waals surface area (Å²) < 4.78 is 19.9. The number of aromatic nitrogens is 3. The summed E-state index contributed by atoms with van der Waals surface area (Å²) in [5, 5.41) is 0.576. The van der Waals surface area contributed by atoms with Gasteiger partial charge in [0.2, 0.25) is 0 Å². The minimum Gasteiger partial charge on any atom is -0.465 e. The van der Waals surface area contributed by atoms with Crippen LogP contribution in [0, 0.1) is 5.82 Å². The highest BCUT2D eigenvalue weighted by Gasteiger charge is 2.22. The van der Waals surface area contributed by atoms with Crippen LogP contribution in [0.5, 0.6) is 0 Å². The van der Waals surface area contributed by atoms with Gasteiger partial charge in [-0.2, -0.15) is 0 Å². The number of halogens is 1. The number of ether oxygens (including phenoxy) is 1. The molecule has 0 saturated carbocycles. The third-order valence-electron chi connectivity index (χ3n) is 4.48. The minimum absolute atomic E-state index is 0.267. The van der Waals surface area contributed by atoms with Crippen molar-refractivity contribution in [2.75, 3.05) is 6.61 Å². The van der Waals surface area contributed by atoms with Gasteiger partial charge in [-0.3, -0.25) is 14.2 Å². The largest absolute Gasteiger partial charge is 0.465 e. The molecule has 4 aromatic rings. The molecule has 29 heavy (non-hydrogen) atoms. The first-order valence-electron chi connectivity index (χ1n) is 9.12. The Morgan fingerprint density at radius 2 is 1.97 bits per heavy atom. The summed E-state index contributed by atoms with van der Waals surface area (Å²) in [5.41, 5.74) is 1.81. The summed E-state index contributed by atoms with van der Waals surface area (Å²) in [7, 11) is 0. The van der Waals surface area contributed by atoms with Crippen LogP contribution >= 0.6 is 11.8 Å². The van der Waals surface area contributed by atoms with Crippen molar-refractivity contribution >= 4 is 39.7 Å². The zero-order valence-corrected chi connectivity index (χ0v) is 16.6. The van der Waals surface area contributed by atoms with Crippen LogP contribution in [0.1, 0.15) is 13.8 Å². The first-order valence-corrected chi connectivity index (χ1v) is 10.00. The van der Waals surface area contributed by atoms with Crippen molar-refractivity contribution in [3.63, 3.8) is 0 Å². The van der Waals surface area contributed by atoms with Gasteiger partial charge in [-0.25, -0.2) is 9.37 Å². The van der Waals surface area contributed by atoms with Crippen LogP contribution in [0.4, 0.5) is 4.39 Å². The molecule has 0 aliphatic carbocycles. The van der Waals surface area contributed by atoms with Gasteiger partial charge < -0.3 is 9.72 Å². The van der Waals surface area contributed by atoms with E-state index in [4.69, 9.17) is 9.72 Å². The molecular weight excluding hydrogens is 393 g/mol. The Morgan fingerprint density at radius 1 is 1.24 bits per heavy atom. The normalized spacial score (nSPS) is 12.4. The first kappa shape index (κ1) is 19.2. The molecule has 0 spiro atoms. The molecule has 2 aromatic carbocycles. The molecule has 1 N–H and O–H groups in total. The molecule has 0 radical (unpaired) electrons. The maximum Gasteiger partial charge on any atom is 0.319 e. The van der Waals surface area contributed by atoms with Crippen LogP contribution in [0.3, 0.4) is 0 Å². The van der Waals surface area contributed by atoms with Crippen molar-refractivity contribution in [2.45, 2.75) is 24.3 Å². The summed E-state index contributed by atoms with van der Waals surface area (Å²) in [6.07, 6.45) is 0. The number of hydrogen-bond donors (Lipinski definition) is 1. The number of nitrogens with one attached hydrogen (secondary N) is 1. The Morgan fingerprint density at radius 3 is 2.69 bits per heavy atom. The molecule has 0 fully saturated rings. The fourth-order valence-electron chi connectivity index (χ4n) is 3.11. The van der Waals surface area contributed by atoms with E-state index in [-0.39, 0.29) is 12.2 Å². The number of hydrogen-bond acceptors (Lipinski definition) is 5. The second-order valence-electron chi connectivity index (χ2n) is 6.42. The van der Waals surface area contributed by atoms with Crippen LogP contribution in [0.2, 0.25) is 0 Å². The number of nitrogens with zero attached hydrogens (tertiary/aromatic N) is 2. The summed E-state index contributed by atoms with van der Waals surface area (Å²) in [5.74, 6) is -0.799. The van der Waals surface area contributed by atoms with Gasteiger partial charge in [0.05, 0.1) is 12.3 Å². The van der Waals surface area contributed by atoms with E-state index in [9.17, 15) is 14.0 Å². The zero-order valence-electron chi connectivity index (χ0n) is 15.8. The maximum absolute atomic E-state index is 13.4. The summed E-state index contributed by atoms with van der Waals surface area (Å²) in [6.45, 7) is 3.70. The molecule has 0 amide bonds. The average Bonchev–Trinajstić information content (AvgIpc) is 3.08. The van der Waals surface area contributed by atoms with Crippen molar-refractivity contribution in [3.05, 3.63) is 64.7 Å². The van der Waals surface area contributed by atoms with E-state index in [0.29, 0.717) is 21.9 Å². The number of benzene rings is 2. The first-order chi connectivity index (χ1) is 14.0. The molecule has 0 saturated heterocycles. The van der Waals surface area contributed by atoms with Gasteiger partial charge in [0, 0.05) is 10.9 Å². The monoisotopic (exact) mass is 411 g/mol. The Labute approximate surface area is 169 Å². The Balaban J connectivity index is 1.95. The van der Waals surface area contributed by atoms with Crippen molar-refractivity contribution < 1.29 is 13.9 Å². The van der Waals surface area contributed by atoms with Gasteiger partial charge >= 0.3 is 5.97 Å². The number of H-pyrrole nitrogens is 1. The van der Waals surface area contributed by atoms with Crippen molar-refractivity contribution in [1.29, 1.82) is 0 Å². The second-order valence-corrected chi connectivity index (χ2v) is 7.73. The van der Waals surface area contributed by atoms with Crippen LogP contribution in [0.15, 0.2) is 58.5 Å². The van der Waals surface area contributed by atoms with Gasteiger partial charge in [-0.1, -0.05) is 30.0 Å². The Bertz CT molecular complexity index is 1260. The van der Waals surface area contributed by atoms with Gasteiger partial charge in [0.25, 0.3) is 5.56 Å². The Kier molecular flexibility index (Phi) is 5.10.